The van der Waals surface area contributed by atoms with Gasteiger partial charge in [0.25, 0.3) is 0 Å². The molecule has 0 radical (unpaired) electrons. The van der Waals surface area contributed by atoms with Gasteiger partial charge in [0.15, 0.2) is 5.65 Å². The average molecular weight is 424 g/mol. The highest BCUT2D eigenvalue weighted by molar-refractivity contribution is 5.83. The number of fused-ring (bicyclic) bond motifs is 2. The van der Waals surface area contributed by atoms with E-state index in [0.717, 1.165) is 46.6 Å². The topological polar surface area (TPSA) is 116 Å². The maximum atomic E-state index is 12.3. The van der Waals surface area contributed by atoms with Crippen LogP contribution in [0.15, 0.2) is 36.7 Å². The van der Waals surface area contributed by atoms with Crippen molar-refractivity contribution in [3.05, 3.63) is 48.0 Å². The molecular weight excluding hydrogens is 404 g/mol. The van der Waals surface area contributed by atoms with Crippen molar-refractivity contribution < 1.29 is 4.79 Å². The van der Waals surface area contributed by atoms with Gasteiger partial charge in [-0.25, -0.2) is 14.5 Å². The van der Waals surface area contributed by atoms with Crippen LogP contribution in [0.25, 0.3) is 27.9 Å². The normalized spacial score (nSPS) is 16.2. The van der Waals surface area contributed by atoms with Crippen molar-refractivity contribution in [1.82, 2.24) is 29.0 Å². The van der Waals surface area contributed by atoms with E-state index in [0.29, 0.717) is 18.7 Å². The summed E-state index contributed by atoms with van der Waals surface area (Å²) in [7, 11) is 0. The maximum Gasteiger partial charge on any atom is 0.236 e. The van der Waals surface area contributed by atoms with Gasteiger partial charge >= 0.3 is 0 Å². The number of carbonyl (C=O) groups is 1. The summed E-state index contributed by atoms with van der Waals surface area (Å²) >= 11 is 0. The Morgan fingerprint density at radius 3 is 2.94 bits per heavy atom. The average Bonchev–Trinajstić information content (AvgIpc) is 3.38. The van der Waals surface area contributed by atoms with Crippen LogP contribution in [0.5, 0.6) is 0 Å². The van der Waals surface area contributed by atoms with Crippen LogP contribution in [0, 0.1) is 29.6 Å². The van der Waals surface area contributed by atoms with Crippen LogP contribution in [0.1, 0.15) is 36.7 Å². The second-order valence-electron chi connectivity index (χ2n) is 7.95. The fourth-order valence-electron chi connectivity index (χ4n) is 4.49. The molecule has 158 valence electrons. The van der Waals surface area contributed by atoms with Gasteiger partial charge in [-0.15, -0.1) is 0 Å². The van der Waals surface area contributed by atoms with Crippen molar-refractivity contribution in [2.24, 2.45) is 0 Å². The Morgan fingerprint density at radius 1 is 1.25 bits per heavy atom. The molecule has 0 N–H and O–H groups in total. The lowest BCUT2D eigenvalue weighted by atomic mass is 10.0. The molecule has 1 atom stereocenters. The van der Waals surface area contributed by atoms with E-state index in [1.807, 2.05) is 25.1 Å². The highest BCUT2D eigenvalue weighted by atomic mass is 16.2. The molecule has 9 heteroatoms. The molecule has 5 rings (SSSR count). The van der Waals surface area contributed by atoms with Crippen molar-refractivity contribution in [3.63, 3.8) is 0 Å². The number of hydrogen-bond acceptors (Lipinski definition) is 6. The number of amides is 1. The summed E-state index contributed by atoms with van der Waals surface area (Å²) in [6.07, 6.45) is 5.20. The Hall–Kier alpha value is -4.24. The SMILES string of the molecule is Cc1nc2ccc(-c3cnn4ccc(C#N)cc34)nc2n1[C@H]1CCCN(C(=O)CC#N)C1. The van der Waals surface area contributed by atoms with E-state index in [9.17, 15) is 10.1 Å². The molecule has 1 fully saturated rings. The van der Waals surface area contributed by atoms with E-state index in [1.54, 1.807) is 33.9 Å². The molecule has 5 heterocycles. The third-order valence-electron chi connectivity index (χ3n) is 5.98. The Labute approximate surface area is 184 Å². The van der Waals surface area contributed by atoms with Crippen molar-refractivity contribution in [2.45, 2.75) is 32.2 Å². The van der Waals surface area contributed by atoms with Crippen LogP contribution in [-0.2, 0) is 4.79 Å². The Balaban J connectivity index is 1.57. The summed E-state index contributed by atoms with van der Waals surface area (Å²) in [6.45, 7) is 3.16. The summed E-state index contributed by atoms with van der Waals surface area (Å²) in [5.41, 5.74) is 4.51. The number of nitrogens with zero attached hydrogens (tertiary/aromatic N) is 8. The molecule has 9 nitrogen and oxygen atoms in total. The minimum atomic E-state index is -0.132. The third kappa shape index (κ3) is 3.25. The zero-order valence-electron chi connectivity index (χ0n) is 17.6. The van der Waals surface area contributed by atoms with Crippen molar-refractivity contribution >= 4 is 22.6 Å². The number of carbonyl (C=O) groups excluding carboxylic acids is 1. The minimum absolute atomic E-state index is 0.0493. The number of imidazole rings is 1. The highest BCUT2D eigenvalue weighted by Crippen LogP contribution is 2.30. The van der Waals surface area contributed by atoms with Gasteiger partial charge in [-0.2, -0.15) is 15.6 Å². The minimum Gasteiger partial charge on any atom is -0.340 e. The Kier molecular flexibility index (Phi) is 4.79. The van der Waals surface area contributed by atoms with E-state index in [4.69, 9.17) is 10.2 Å². The highest BCUT2D eigenvalue weighted by Gasteiger charge is 2.27. The number of piperidine rings is 1. The number of nitriles is 2. The fourth-order valence-corrected chi connectivity index (χ4v) is 4.49. The summed E-state index contributed by atoms with van der Waals surface area (Å²) < 4.78 is 3.83. The van der Waals surface area contributed by atoms with Crippen LogP contribution in [0.4, 0.5) is 0 Å². The molecule has 32 heavy (non-hydrogen) atoms. The molecule has 0 saturated carbocycles. The first-order valence-corrected chi connectivity index (χ1v) is 10.5. The molecule has 1 aliphatic heterocycles. The van der Waals surface area contributed by atoms with Crippen LogP contribution >= 0.6 is 0 Å². The molecular formula is C23H20N8O. The van der Waals surface area contributed by atoms with Gasteiger partial charge < -0.3 is 9.47 Å². The predicted octanol–water partition coefficient (Wildman–Crippen LogP) is 3.00. The van der Waals surface area contributed by atoms with Gasteiger partial charge in [-0.05, 0) is 44.0 Å². The molecule has 0 aromatic carbocycles. The van der Waals surface area contributed by atoms with Gasteiger partial charge in [0.2, 0.25) is 5.91 Å². The van der Waals surface area contributed by atoms with E-state index >= 15 is 0 Å². The number of aryl methyl sites for hydroxylation is 1. The number of likely N-dealkylation sites (tertiary alicyclic amines) is 1. The van der Waals surface area contributed by atoms with Crippen LogP contribution in [0.2, 0.25) is 0 Å². The van der Waals surface area contributed by atoms with Gasteiger partial charge in [-0.1, -0.05) is 0 Å². The van der Waals surface area contributed by atoms with Gasteiger partial charge in [0, 0.05) is 24.8 Å². The molecule has 0 unspecified atom stereocenters. The first kappa shape index (κ1) is 19.7. The summed E-state index contributed by atoms with van der Waals surface area (Å²) in [4.78, 5) is 23.7. The smallest absolute Gasteiger partial charge is 0.236 e. The zero-order valence-corrected chi connectivity index (χ0v) is 17.6. The lowest BCUT2D eigenvalue weighted by molar-refractivity contribution is -0.131. The summed E-state index contributed by atoms with van der Waals surface area (Å²) in [5.74, 6) is 0.712. The molecule has 0 spiro atoms. The largest absolute Gasteiger partial charge is 0.340 e. The van der Waals surface area contributed by atoms with E-state index in [-0.39, 0.29) is 18.4 Å². The van der Waals surface area contributed by atoms with Gasteiger partial charge in [0.05, 0.1) is 41.2 Å². The number of hydrogen-bond donors (Lipinski definition) is 0. The standard InChI is InChI=1S/C23H20N8O/c1-15-27-20-5-4-19(18-13-26-30-10-7-16(12-25)11-21(18)30)28-23(20)31(15)17-3-2-9-29(14-17)22(32)6-8-24/h4-5,7,10-11,13,17H,2-3,6,9,14H2,1H3/t17-/m0/s1. The predicted molar refractivity (Wildman–Crippen MR) is 116 cm³/mol. The first-order chi connectivity index (χ1) is 15.6. The van der Waals surface area contributed by atoms with Crippen molar-refractivity contribution in [2.75, 3.05) is 13.1 Å². The lowest BCUT2D eigenvalue weighted by Gasteiger charge is -2.33. The summed E-state index contributed by atoms with van der Waals surface area (Å²) in [5, 5.41) is 22.5. The monoisotopic (exact) mass is 424 g/mol. The number of pyridine rings is 2. The molecule has 0 aliphatic carbocycles. The van der Waals surface area contributed by atoms with Crippen molar-refractivity contribution in [1.29, 1.82) is 10.5 Å². The van der Waals surface area contributed by atoms with E-state index in [1.165, 1.54) is 0 Å². The Morgan fingerprint density at radius 2 is 2.12 bits per heavy atom. The molecule has 0 bridgehead atoms. The van der Waals surface area contributed by atoms with Crippen LogP contribution < -0.4 is 0 Å². The molecule has 1 amide bonds. The first-order valence-electron chi connectivity index (χ1n) is 10.5. The second-order valence-corrected chi connectivity index (χ2v) is 7.95. The number of rotatable bonds is 3. The summed E-state index contributed by atoms with van der Waals surface area (Å²) in [6, 6.07) is 11.6. The lowest BCUT2D eigenvalue weighted by Crippen LogP contribution is -2.40. The quantitative estimate of drug-likeness (QED) is 0.499. The molecule has 4 aromatic heterocycles. The molecule has 4 aromatic rings. The van der Waals surface area contributed by atoms with Gasteiger partial charge in [0.1, 0.15) is 17.8 Å². The number of aromatic nitrogens is 5. The van der Waals surface area contributed by atoms with E-state index in [2.05, 4.69) is 20.7 Å². The van der Waals surface area contributed by atoms with Crippen LogP contribution in [-0.4, -0.2) is 48.0 Å². The second kappa shape index (κ2) is 7.78. The Bertz CT molecular complexity index is 1430. The fraction of sp³-hybridized carbons (Fsp3) is 0.304. The molecule has 1 aliphatic rings. The zero-order chi connectivity index (χ0) is 22.2. The van der Waals surface area contributed by atoms with E-state index < -0.39 is 0 Å². The third-order valence-corrected chi connectivity index (χ3v) is 5.98. The van der Waals surface area contributed by atoms with Gasteiger partial charge in [-0.3, -0.25) is 4.79 Å². The van der Waals surface area contributed by atoms with Crippen LogP contribution in [0.3, 0.4) is 0 Å². The van der Waals surface area contributed by atoms with Crippen molar-refractivity contribution in [3.8, 4) is 23.4 Å². The molecule has 1 saturated heterocycles. The maximum absolute atomic E-state index is 12.3.